The maximum absolute atomic E-state index is 10.0. The fourth-order valence-corrected chi connectivity index (χ4v) is 4.11. The van der Waals surface area contributed by atoms with Crippen LogP contribution in [0.2, 0.25) is 5.02 Å². The Labute approximate surface area is 171 Å². The van der Waals surface area contributed by atoms with Crippen molar-refractivity contribution in [3.63, 3.8) is 0 Å². The molecule has 0 aliphatic rings. The van der Waals surface area contributed by atoms with E-state index in [2.05, 4.69) is 9.55 Å². The quantitative estimate of drug-likeness (QED) is 0.495. The Bertz CT molecular complexity index is 1210. The van der Waals surface area contributed by atoms with E-state index >= 15 is 0 Å². The van der Waals surface area contributed by atoms with Crippen LogP contribution in [0.1, 0.15) is 22.1 Å². The van der Waals surface area contributed by atoms with E-state index in [9.17, 15) is 5.11 Å². The second kappa shape index (κ2) is 7.30. The summed E-state index contributed by atoms with van der Waals surface area (Å²) in [7, 11) is 3.48. The van der Waals surface area contributed by atoms with Gasteiger partial charge in [0.25, 0.3) is 0 Å². The summed E-state index contributed by atoms with van der Waals surface area (Å²) in [5.41, 5.74) is 4.57. The van der Waals surface area contributed by atoms with E-state index in [0.29, 0.717) is 5.75 Å². The topological polar surface area (TPSA) is 60.2 Å². The Balaban J connectivity index is 1.95. The third-order valence-electron chi connectivity index (χ3n) is 4.46. The second-order valence-corrected chi connectivity index (χ2v) is 7.65. The Morgan fingerprint density at radius 1 is 1.25 bits per heavy atom. The second-order valence-electron chi connectivity index (χ2n) is 6.39. The Hall–Kier alpha value is -2.83. The van der Waals surface area contributed by atoms with E-state index in [4.69, 9.17) is 21.3 Å². The number of ether oxygens (including phenoxy) is 1. The van der Waals surface area contributed by atoms with E-state index in [-0.39, 0.29) is 10.8 Å². The molecule has 0 aliphatic carbocycles. The Morgan fingerprint density at radius 3 is 2.71 bits per heavy atom. The van der Waals surface area contributed by atoms with Crippen LogP contribution >= 0.6 is 22.9 Å². The lowest BCUT2D eigenvalue weighted by atomic mass is 10.1. The number of halogens is 1. The van der Waals surface area contributed by atoms with Crippen LogP contribution in [0.15, 0.2) is 41.8 Å². The Kier molecular flexibility index (Phi) is 4.83. The van der Waals surface area contributed by atoms with Crippen molar-refractivity contribution in [2.75, 3.05) is 7.11 Å². The number of hydrogen-bond acceptors (Lipinski definition) is 5. The van der Waals surface area contributed by atoms with Crippen molar-refractivity contribution in [3.05, 3.63) is 68.9 Å². The van der Waals surface area contributed by atoms with Gasteiger partial charge in [-0.3, -0.25) is 0 Å². The first-order valence-corrected chi connectivity index (χ1v) is 9.86. The molecule has 0 saturated heterocycles. The maximum Gasteiger partial charge on any atom is 0.176 e. The van der Waals surface area contributed by atoms with E-state index in [1.165, 1.54) is 7.11 Å². The first-order valence-electron chi connectivity index (χ1n) is 8.60. The monoisotopic (exact) mass is 411 g/mol. The number of para-hydroxylation sites is 2. The minimum absolute atomic E-state index is 0.0734. The third-order valence-corrected chi connectivity index (χ3v) is 5.74. The van der Waals surface area contributed by atoms with Crippen LogP contribution in [0.25, 0.3) is 22.7 Å². The largest absolute Gasteiger partial charge is 0.503 e. The van der Waals surface area contributed by atoms with Crippen molar-refractivity contribution in [1.29, 1.82) is 0 Å². The van der Waals surface area contributed by atoms with Crippen molar-refractivity contribution in [2.24, 2.45) is 7.05 Å². The molecule has 5 nitrogen and oxygen atoms in total. The molecule has 0 fully saturated rings. The molecule has 2 aromatic carbocycles. The molecule has 4 aromatic rings. The van der Waals surface area contributed by atoms with Gasteiger partial charge in [-0.2, -0.15) is 0 Å². The smallest absolute Gasteiger partial charge is 0.176 e. The fourth-order valence-electron chi connectivity index (χ4n) is 3.09. The molecule has 4 rings (SSSR count). The molecule has 28 heavy (non-hydrogen) atoms. The molecule has 2 heterocycles. The Morgan fingerprint density at radius 2 is 2.04 bits per heavy atom. The number of benzene rings is 2. The number of fused-ring (bicyclic) bond motifs is 1. The summed E-state index contributed by atoms with van der Waals surface area (Å²) in [5.74, 6) is 1.05. The molecule has 0 bridgehead atoms. The van der Waals surface area contributed by atoms with Crippen molar-refractivity contribution in [3.8, 4) is 11.5 Å². The van der Waals surface area contributed by atoms with Crippen molar-refractivity contribution >= 4 is 45.6 Å². The fraction of sp³-hybridized carbons (Fsp3) is 0.143. The van der Waals surface area contributed by atoms with Gasteiger partial charge in [-0.15, -0.1) is 11.3 Å². The van der Waals surface area contributed by atoms with Gasteiger partial charge in [0.1, 0.15) is 10.8 Å². The molecular weight excluding hydrogens is 394 g/mol. The molecule has 2 aromatic heterocycles. The van der Waals surface area contributed by atoms with Gasteiger partial charge in [0, 0.05) is 18.1 Å². The summed E-state index contributed by atoms with van der Waals surface area (Å²) in [5, 5.41) is 13.1. The molecule has 7 heteroatoms. The average Bonchev–Trinajstić information content (AvgIpc) is 3.26. The number of phenolic OH excluding ortho intramolecular Hbond substituents is 1. The minimum atomic E-state index is -0.0734. The van der Waals surface area contributed by atoms with Crippen LogP contribution in [0.5, 0.6) is 11.5 Å². The van der Waals surface area contributed by atoms with Gasteiger partial charge >= 0.3 is 0 Å². The molecule has 0 spiro atoms. The van der Waals surface area contributed by atoms with Crippen molar-refractivity contribution < 1.29 is 9.84 Å². The van der Waals surface area contributed by atoms with Gasteiger partial charge in [-0.1, -0.05) is 23.7 Å². The number of rotatable bonds is 4. The standard InChI is InChI=1S/C21H18ClN3O2S/c1-12-11-28-21(23-12)14(8-13-9-15(22)19(26)18(10-13)27-3)20-24-16-6-4-5-7-17(16)25(20)2/h4-11,26H,1-3H3/b14-8-. The van der Waals surface area contributed by atoms with E-state index in [1.54, 1.807) is 23.5 Å². The number of imidazole rings is 1. The van der Waals surface area contributed by atoms with Gasteiger partial charge in [0.2, 0.25) is 0 Å². The highest BCUT2D eigenvalue weighted by Crippen LogP contribution is 2.37. The van der Waals surface area contributed by atoms with E-state index in [0.717, 1.165) is 38.7 Å². The summed E-state index contributed by atoms with van der Waals surface area (Å²) in [6, 6.07) is 11.4. The van der Waals surface area contributed by atoms with E-state index in [1.807, 2.05) is 49.7 Å². The number of phenols is 1. The van der Waals surface area contributed by atoms with Crippen LogP contribution in [-0.4, -0.2) is 26.8 Å². The van der Waals surface area contributed by atoms with Crippen LogP contribution in [0.4, 0.5) is 0 Å². The molecule has 1 N–H and O–H groups in total. The first-order chi connectivity index (χ1) is 13.5. The lowest BCUT2D eigenvalue weighted by molar-refractivity contribution is 0.373. The highest BCUT2D eigenvalue weighted by Gasteiger charge is 2.18. The highest BCUT2D eigenvalue weighted by molar-refractivity contribution is 7.11. The third kappa shape index (κ3) is 3.25. The van der Waals surface area contributed by atoms with Gasteiger partial charge in [0.15, 0.2) is 11.5 Å². The van der Waals surface area contributed by atoms with Gasteiger partial charge < -0.3 is 14.4 Å². The predicted molar refractivity (Wildman–Crippen MR) is 114 cm³/mol. The molecule has 0 atom stereocenters. The van der Waals surface area contributed by atoms with Gasteiger partial charge in [0.05, 0.1) is 28.7 Å². The van der Waals surface area contributed by atoms with E-state index < -0.39 is 0 Å². The molecule has 0 saturated carbocycles. The number of thiazole rings is 1. The minimum Gasteiger partial charge on any atom is -0.503 e. The molecular formula is C21H18ClN3O2S. The summed E-state index contributed by atoms with van der Waals surface area (Å²) >= 11 is 7.74. The van der Waals surface area contributed by atoms with Crippen molar-refractivity contribution in [1.82, 2.24) is 14.5 Å². The predicted octanol–water partition coefficient (Wildman–Crippen LogP) is 5.29. The summed E-state index contributed by atoms with van der Waals surface area (Å²) in [6.07, 6.45) is 1.97. The van der Waals surface area contributed by atoms with Crippen LogP contribution in [-0.2, 0) is 7.05 Å². The molecule has 142 valence electrons. The lowest BCUT2D eigenvalue weighted by Crippen LogP contribution is -1.99. The first kappa shape index (κ1) is 18.5. The average molecular weight is 412 g/mol. The molecule has 0 amide bonds. The number of nitrogens with zero attached hydrogens (tertiary/aromatic N) is 3. The zero-order valence-electron chi connectivity index (χ0n) is 15.6. The van der Waals surface area contributed by atoms with Crippen LogP contribution in [0, 0.1) is 6.92 Å². The van der Waals surface area contributed by atoms with Gasteiger partial charge in [-0.25, -0.2) is 9.97 Å². The normalized spacial score (nSPS) is 11.9. The number of aromatic nitrogens is 3. The molecule has 0 radical (unpaired) electrons. The zero-order valence-corrected chi connectivity index (χ0v) is 17.2. The number of methoxy groups -OCH3 is 1. The lowest BCUT2D eigenvalue weighted by Gasteiger charge is -2.09. The number of aryl methyl sites for hydroxylation is 2. The van der Waals surface area contributed by atoms with Crippen LogP contribution in [0.3, 0.4) is 0 Å². The van der Waals surface area contributed by atoms with Crippen LogP contribution < -0.4 is 4.74 Å². The summed E-state index contributed by atoms with van der Waals surface area (Å²) in [4.78, 5) is 9.49. The zero-order chi connectivity index (χ0) is 19.8. The maximum atomic E-state index is 10.0. The number of hydrogen-bond donors (Lipinski definition) is 1. The molecule has 0 unspecified atom stereocenters. The summed E-state index contributed by atoms with van der Waals surface area (Å²) < 4.78 is 7.29. The van der Waals surface area contributed by atoms with Crippen molar-refractivity contribution in [2.45, 2.75) is 6.92 Å². The van der Waals surface area contributed by atoms with Gasteiger partial charge in [-0.05, 0) is 42.8 Å². The molecule has 0 aliphatic heterocycles. The SMILES string of the molecule is COc1cc(/C=C(\c2nc(C)cs2)c2nc3ccccc3n2C)cc(Cl)c1O. The summed E-state index contributed by atoms with van der Waals surface area (Å²) in [6.45, 7) is 1.97. The number of aromatic hydroxyl groups is 1. The highest BCUT2D eigenvalue weighted by atomic mass is 35.5.